The SMILES string of the molecule is CCNc1ncccc1C(=O)NCc1cscc1C. The number of hydrogen-bond acceptors (Lipinski definition) is 4. The van der Waals surface area contributed by atoms with Crippen LogP contribution in [0.2, 0.25) is 0 Å². The number of thiophene rings is 1. The predicted molar refractivity (Wildman–Crippen MR) is 78.6 cm³/mol. The van der Waals surface area contributed by atoms with Gasteiger partial charge in [0.2, 0.25) is 0 Å². The van der Waals surface area contributed by atoms with Crippen LogP contribution >= 0.6 is 11.3 Å². The monoisotopic (exact) mass is 275 g/mol. The summed E-state index contributed by atoms with van der Waals surface area (Å²) in [6, 6.07) is 3.55. The highest BCUT2D eigenvalue weighted by molar-refractivity contribution is 7.08. The maximum absolute atomic E-state index is 12.2. The molecule has 2 N–H and O–H groups in total. The molecule has 0 atom stereocenters. The van der Waals surface area contributed by atoms with Crippen LogP contribution in [-0.2, 0) is 6.54 Å². The van der Waals surface area contributed by atoms with Crippen LogP contribution < -0.4 is 10.6 Å². The van der Waals surface area contributed by atoms with Gasteiger partial charge in [-0.25, -0.2) is 4.98 Å². The van der Waals surface area contributed by atoms with Crippen molar-refractivity contribution >= 4 is 23.1 Å². The first-order valence-electron chi connectivity index (χ1n) is 6.21. The van der Waals surface area contributed by atoms with Gasteiger partial charge in [-0.2, -0.15) is 11.3 Å². The summed E-state index contributed by atoms with van der Waals surface area (Å²) in [5, 5.41) is 10.2. The Balaban J connectivity index is 2.06. The van der Waals surface area contributed by atoms with Crippen LogP contribution in [0.3, 0.4) is 0 Å². The summed E-state index contributed by atoms with van der Waals surface area (Å²) in [5.41, 5.74) is 2.95. The Morgan fingerprint density at radius 3 is 2.95 bits per heavy atom. The van der Waals surface area contributed by atoms with E-state index < -0.39 is 0 Å². The number of nitrogens with zero attached hydrogens (tertiary/aromatic N) is 1. The van der Waals surface area contributed by atoms with Crippen LogP contribution in [0.4, 0.5) is 5.82 Å². The number of carbonyl (C=O) groups is 1. The quantitative estimate of drug-likeness (QED) is 0.882. The number of anilines is 1. The Kier molecular flexibility index (Phi) is 4.52. The Hall–Kier alpha value is -1.88. The van der Waals surface area contributed by atoms with Gasteiger partial charge in [-0.05, 0) is 47.9 Å². The van der Waals surface area contributed by atoms with Gasteiger partial charge in [0.15, 0.2) is 0 Å². The standard InChI is InChI=1S/C14H17N3OS/c1-3-15-13-12(5-4-6-16-13)14(18)17-7-11-9-19-8-10(11)2/h4-6,8-9H,3,7H2,1-2H3,(H,15,16)(H,17,18). The fourth-order valence-corrected chi connectivity index (χ4v) is 2.59. The van der Waals surface area contributed by atoms with Crippen molar-refractivity contribution < 1.29 is 4.79 Å². The second kappa shape index (κ2) is 6.33. The number of nitrogens with one attached hydrogen (secondary N) is 2. The van der Waals surface area contributed by atoms with Crippen LogP contribution in [0.1, 0.15) is 28.4 Å². The molecule has 2 aromatic heterocycles. The van der Waals surface area contributed by atoms with Crippen LogP contribution in [0, 0.1) is 6.92 Å². The molecule has 0 saturated heterocycles. The summed E-state index contributed by atoms with van der Waals surface area (Å²) in [5.74, 6) is 0.527. The molecular formula is C14H17N3OS. The number of carbonyl (C=O) groups excluding carboxylic acids is 1. The van der Waals surface area contributed by atoms with Crippen molar-refractivity contribution in [2.75, 3.05) is 11.9 Å². The van der Waals surface area contributed by atoms with Crippen LogP contribution in [0.25, 0.3) is 0 Å². The minimum absolute atomic E-state index is 0.102. The molecule has 0 bridgehead atoms. The van der Waals surface area contributed by atoms with Gasteiger partial charge in [0.1, 0.15) is 5.82 Å². The molecule has 0 aliphatic rings. The van der Waals surface area contributed by atoms with E-state index in [-0.39, 0.29) is 5.91 Å². The molecule has 4 nitrogen and oxygen atoms in total. The zero-order chi connectivity index (χ0) is 13.7. The second-order valence-electron chi connectivity index (χ2n) is 4.19. The van der Waals surface area contributed by atoms with E-state index in [0.717, 1.165) is 12.1 Å². The normalized spacial score (nSPS) is 10.2. The molecule has 0 aromatic carbocycles. The summed E-state index contributed by atoms with van der Waals surface area (Å²) in [6.45, 7) is 5.31. The highest BCUT2D eigenvalue weighted by atomic mass is 32.1. The number of hydrogen-bond donors (Lipinski definition) is 2. The molecule has 2 aromatic rings. The molecule has 2 rings (SSSR count). The van der Waals surface area contributed by atoms with Gasteiger partial charge >= 0.3 is 0 Å². The fraction of sp³-hybridized carbons (Fsp3) is 0.286. The van der Waals surface area contributed by atoms with Crippen molar-refractivity contribution in [2.24, 2.45) is 0 Å². The van der Waals surface area contributed by atoms with E-state index in [1.165, 1.54) is 5.56 Å². The predicted octanol–water partition coefficient (Wildman–Crippen LogP) is 2.81. The molecule has 0 unspecified atom stereocenters. The first-order valence-corrected chi connectivity index (χ1v) is 7.15. The van der Waals surface area contributed by atoms with Crippen molar-refractivity contribution in [3.63, 3.8) is 0 Å². The molecule has 5 heteroatoms. The van der Waals surface area contributed by atoms with E-state index in [2.05, 4.69) is 26.4 Å². The van der Waals surface area contributed by atoms with Gasteiger partial charge in [-0.3, -0.25) is 4.79 Å². The molecule has 0 aliphatic heterocycles. The van der Waals surface area contributed by atoms with E-state index in [4.69, 9.17) is 0 Å². The number of pyridine rings is 1. The zero-order valence-electron chi connectivity index (χ0n) is 11.1. The smallest absolute Gasteiger partial charge is 0.255 e. The third-order valence-electron chi connectivity index (χ3n) is 2.80. The Morgan fingerprint density at radius 1 is 1.42 bits per heavy atom. The average Bonchev–Trinajstić information content (AvgIpc) is 2.82. The van der Waals surface area contributed by atoms with Crippen LogP contribution in [0.15, 0.2) is 29.1 Å². The Labute approximate surface area is 116 Å². The van der Waals surface area contributed by atoms with Crippen molar-refractivity contribution in [3.8, 4) is 0 Å². The second-order valence-corrected chi connectivity index (χ2v) is 4.94. The number of aryl methyl sites for hydroxylation is 1. The lowest BCUT2D eigenvalue weighted by atomic mass is 10.2. The number of rotatable bonds is 5. The minimum Gasteiger partial charge on any atom is -0.370 e. The topological polar surface area (TPSA) is 54.0 Å². The van der Waals surface area contributed by atoms with Crippen molar-refractivity contribution in [1.29, 1.82) is 0 Å². The molecule has 0 saturated carbocycles. The van der Waals surface area contributed by atoms with Crippen molar-refractivity contribution in [2.45, 2.75) is 20.4 Å². The lowest BCUT2D eigenvalue weighted by Gasteiger charge is -2.09. The van der Waals surface area contributed by atoms with Gasteiger partial charge in [0.25, 0.3) is 5.91 Å². The minimum atomic E-state index is -0.102. The Morgan fingerprint density at radius 2 is 2.26 bits per heavy atom. The van der Waals surface area contributed by atoms with Gasteiger partial charge < -0.3 is 10.6 Å². The summed E-state index contributed by atoms with van der Waals surface area (Å²) in [6.07, 6.45) is 1.68. The van der Waals surface area contributed by atoms with E-state index in [1.54, 1.807) is 29.7 Å². The van der Waals surface area contributed by atoms with Crippen molar-refractivity contribution in [3.05, 3.63) is 45.8 Å². The highest BCUT2D eigenvalue weighted by Crippen LogP contribution is 2.14. The van der Waals surface area contributed by atoms with Gasteiger partial charge in [-0.15, -0.1) is 0 Å². The van der Waals surface area contributed by atoms with Gasteiger partial charge in [0.05, 0.1) is 5.56 Å². The van der Waals surface area contributed by atoms with E-state index in [1.807, 2.05) is 13.8 Å². The molecule has 19 heavy (non-hydrogen) atoms. The summed E-state index contributed by atoms with van der Waals surface area (Å²) < 4.78 is 0. The van der Waals surface area contributed by atoms with Crippen LogP contribution in [-0.4, -0.2) is 17.4 Å². The first-order chi connectivity index (χ1) is 9.22. The molecule has 1 amide bonds. The van der Waals surface area contributed by atoms with Gasteiger partial charge in [0, 0.05) is 19.3 Å². The maximum Gasteiger partial charge on any atom is 0.255 e. The third-order valence-corrected chi connectivity index (χ3v) is 3.71. The molecule has 100 valence electrons. The van der Waals surface area contributed by atoms with E-state index in [0.29, 0.717) is 17.9 Å². The zero-order valence-corrected chi connectivity index (χ0v) is 11.9. The van der Waals surface area contributed by atoms with Gasteiger partial charge in [-0.1, -0.05) is 0 Å². The molecule has 2 heterocycles. The molecule has 0 spiro atoms. The summed E-state index contributed by atoms with van der Waals surface area (Å²) in [4.78, 5) is 16.3. The molecular weight excluding hydrogens is 258 g/mol. The van der Waals surface area contributed by atoms with E-state index >= 15 is 0 Å². The lowest BCUT2D eigenvalue weighted by Crippen LogP contribution is -2.24. The number of amides is 1. The van der Waals surface area contributed by atoms with E-state index in [9.17, 15) is 4.79 Å². The largest absolute Gasteiger partial charge is 0.370 e. The van der Waals surface area contributed by atoms with Crippen molar-refractivity contribution in [1.82, 2.24) is 10.3 Å². The highest BCUT2D eigenvalue weighted by Gasteiger charge is 2.11. The Bertz CT molecular complexity index is 565. The maximum atomic E-state index is 12.2. The average molecular weight is 275 g/mol. The first kappa shape index (κ1) is 13.5. The summed E-state index contributed by atoms with van der Waals surface area (Å²) >= 11 is 1.65. The van der Waals surface area contributed by atoms with Crippen LogP contribution in [0.5, 0.6) is 0 Å². The third kappa shape index (κ3) is 3.32. The lowest BCUT2D eigenvalue weighted by molar-refractivity contribution is 0.0951. The summed E-state index contributed by atoms with van der Waals surface area (Å²) in [7, 11) is 0. The number of aromatic nitrogens is 1. The molecule has 0 aliphatic carbocycles. The fourth-order valence-electron chi connectivity index (χ4n) is 1.74. The molecule has 0 radical (unpaired) electrons. The molecule has 0 fully saturated rings.